The van der Waals surface area contributed by atoms with Crippen molar-refractivity contribution in [2.45, 2.75) is 71.3 Å². The van der Waals surface area contributed by atoms with Gasteiger partial charge in [-0.15, -0.1) is 0 Å². The molecule has 1 N–H and O–H groups in total. The molecule has 1 saturated heterocycles. The zero-order chi connectivity index (χ0) is 40.7. The maximum atomic E-state index is 14.9. The van der Waals surface area contributed by atoms with Crippen molar-refractivity contribution in [3.63, 3.8) is 0 Å². The largest absolute Gasteiger partial charge is 0.486 e. The molecule has 0 radical (unpaired) electrons. The van der Waals surface area contributed by atoms with Crippen LogP contribution in [-0.2, 0) is 32.2 Å². The van der Waals surface area contributed by atoms with E-state index in [1.807, 2.05) is 0 Å². The average molecular weight is 780 g/mol. The lowest BCUT2D eigenvalue weighted by Crippen LogP contribution is -2.37. The summed E-state index contributed by atoms with van der Waals surface area (Å²) in [5.41, 5.74) is -1.62. The molecule has 2 aromatic carbocycles. The Morgan fingerprint density at radius 3 is 2.39 bits per heavy atom. The summed E-state index contributed by atoms with van der Waals surface area (Å²) in [6.07, 6.45) is 3.57. The second-order valence-electron chi connectivity index (χ2n) is 14.4. The smallest absolute Gasteiger partial charge is 0.419 e. The third-order valence-electron chi connectivity index (χ3n) is 8.66. The fraction of sp³-hybridized carbons (Fsp3) is 0.375. The highest BCUT2D eigenvalue weighted by Crippen LogP contribution is 2.33. The lowest BCUT2D eigenvalue weighted by molar-refractivity contribution is -0.125. The fourth-order valence-corrected chi connectivity index (χ4v) is 5.96. The molecule has 1 aliphatic rings. The van der Waals surface area contributed by atoms with Gasteiger partial charge >= 0.3 is 12.2 Å². The minimum Gasteiger partial charge on any atom is -0.486 e. The van der Waals surface area contributed by atoms with E-state index in [0.717, 1.165) is 40.5 Å². The van der Waals surface area contributed by atoms with Gasteiger partial charge in [0.05, 0.1) is 12.2 Å². The van der Waals surface area contributed by atoms with Gasteiger partial charge in [0.15, 0.2) is 6.10 Å². The van der Waals surface area contributed by atoms with Crippen molar-refractivity contribution < 1.29 is 46.6 Å². The Morgan fingerprint density at radius 2 is 1.71 bits per heavy atom. The van der Waals surface area contributed by atoms with Gasteiger partial charge in [0.2, 0.25) is 5.91 Å². The van der Waals surface area contributed by atoms with Crippen LogP contribution in [0.15, 0.2) is 71.7 Å². The summed E-state index contributed by atoms with van der Waals surface area (Å²) in [5.74, 6) is -3.48. The topological polar surface area (TPSA) is 141 Å². The predicted molar refractivity (Wildman–Crippen MR) is 201 cm³/mol. The molecule has 1 aliphatic heterocycles. The molecule has 13 nitrogen and oxygen atoms in total. The van der Waals surface area contributed by atoms with Crippen molar-refractivity contribution in [1.29, 1.82) is 0 Å². The first-order valence-electron chi connectivity index (χ1n) is 18.0. The first kappa shape index (κ1) is 41.1. The number of nitrogens with one attached hydrogen (secondary N) is 1. The molecule has 5 rings (SSSR count). The summed E-state index contributed by atoms with van der Waals surface area (Å²) in [6.45, 7) is 5.60. The van der Waals surface area contributed by atoms with E-state index >= 15 is 0 Å². The Hall–Kier alpha value is -6.06. The quantitative estimate of drug-likeness (QED) is 0.159. The minimum atomic E-state index is -1.32. The number of ether oxygens (including phenoxy) is 3. The number of benzene rings is 2. The van der Waals surface area contributed by atoms with Crippen molar-refractivity contribution in [3.8, 4) is 5.75 Å². The molecule has 0 unspecified atom stereocenters. The molecule has 0 spiro atoms. The van der Waals surface area contributed by atoms with Gasteiger partial charge < -0.3 is 33.9 Å². The third-order valence-corrected chi connectivity index (χ3v) is 8.66. The highest BCUT2D eigenvalue weighted by molar-refractivity contribution is 5.96. The van der Waals surface area contributed by atoms with Crippen LogP contribution in [-0.4, -0.2) is 81.8 Å². The first-order valence-corrected chi connectivity index (χ1v) is 18.0. The fourth-order valence-electron chi connectivity index (χ4n) is 5.96. The molecule has 1 fully saturated rings. The molecule has 1 atom stereocenters. The number of amides is 3. The van der Waals surface area contributed by atoms with E-state index in [2.05, 4.69) is 5.32 Å². The van der Waals surface area contributed by atoms with Crippen LogP contribution in [0.25, 0.3) is 10.9 Å². The normalized spacial score (nSPS) is 13.5. The van der Waals surface area contributed by atoms with E-state index in [9.17, 15) is 37.1 Å². The van der Waals surface area contributed by atoms with Gasteiger partial charge in [-0.25, -0.2) is 27.3 Å². The molecule has 0 bridgehead atoms. The number of allylic oxidation sites excluding steroid dienone is 1. The van der Waals surface area contributed by atoms with E-state index in [4.69, 9.17) is 14.2 Å². The molecule has 56 heavy (non-hydrogen) atoms. The van der Waals surface area contributed by atoms with Crippen molar-refractivity contribution in [3.05, 3.63) is 106 Å². The number of anilines is 1. The summed E-state index contributed by atoms with van der Waals surface area (Å²) in [6, 6.07) is 9.38. The van der Waals surface area contributed by atoms with Gasteiger partial charge in [0, 0.05) is 56.5 Å². The number of carbonyl (C=O) groups is 4. The second-order valence-corrected chi connectivity index (χ2v) is 14.4. The van der Waals surface area contributed by atoms with Gasteiger partial charge in [0.25, 0.3) is 11.5 Å². The van der Waals surface area contributed by atoms with Crippen molar-refractivity contribution >= 4 is 40.6 Å². The number of halogens is 3. The number of nitrogens with zero attached hydrogens (tertiary/aromatic N) is 4. The number of rotatable bonds is 12. The molecule has 3 heterocycles. The first-order chi connectivity index (χ1) is 26.5. The van der Waals surface area contributed by atoms with Gasteiger partial charge in [-0.05, 0) is 88.9 Å². The molecular formula is C40H44F3N5O8. The average Bonchev–Trinajstić information content (AvgIpc) is 3.78. The number of carbonyl (C=O) groups excluding carboxylic acids is 4. The predicted octanol–water partition coefficient (Wildman–Crippen LogP) is 6.59. The number of hydrogen-bond donors (Lipinski definition) is 1. The van der Waals surface area contributed by atoms with E-state index in [-0.39, 0.29) is 58.9 Å². The number of aromatic nitrogens is 2. The Bertz CT molecular complexity index is 2200. The Kier molecular flexibility index (Phi) is 12.9. The maximum Gasteiger partial charge on any atom is 0.419 e. The molecule has 0 saturated carbocycles. The highest BCUT2D eigenvalue weighted by Gasteiger charge is 2.27. The van der Waals surface area contributed by atoms with E-state index < -0.39 is 59.4 Å². The maximum absolute atomic E-state index is 14.9. The lowest BCUT2D eigenvalue weighted by Gasteiger charge is -2.22. The molecule has 298 valence electrons. The standard InChI is InChI=1S/C40H44F3N5O8/c1-40(2,3)56-39(53)48-29(20-26-19-28(42)22-33(35(26)48)54-24-25-14-15-27(41)21-30(25)43)23-47-18-10-11-31(37(47)51)44-36(50)32(55-38(52)45(4)5)12-6-7-13-34(49)46-16-8-9-17-46/h7,10-11,13-15,18-22,32H,6,8-9,12,16-17,23-24H2,1-5H3,(H,44,50)/b13-7+/t32-/m0/s1. The van der Waals surface area contributed by atoms with Crippen LogP contribution in [0, 0.1) is 17.5 Å². The van der Waals surface area contributed by atoms with Crippen molar-refractivity contribution in [2.75, 3.05) is 32.5 Å². The Balaban J connectivity index is 1.43. The van der Waals surface area contributed by atoms with Crippen LogP contribution >= 0.6 is 0 Å². The third kappa shape index (κ3) is 10.4. The number of pyridine rings is 1. The summed E-state index contributed by atoms with van der Waals surface area (Å²) in [4.78, 5) is 68.7. The van der Waals surface area contributed by atoms with Crippen LogP contribution in [0.5, 0.6) is 5.75 Å². The molecule has 3 amide bonds. The van der Waals surface area contributed by atoms with E-state index in [1.165, 1.54) is 55.2 Å². The van der Waals surface area contributed by atoms with Crippen LogP contribution < -0.4 is 15.6 Å². The zero-order valence-corrected chi connectivity index (χ0v) is 31.8. The van der Waals surface area contributed by atoms with Gasteiger partial charge in [-0.1, -0.05) is 6.08 Å². The molecule has 2 aromatic heterocycles. The summed E-state index contributed by atoms with van der Waals surface area (Å²) >= 11 is 0. The molecule has 16 heteroatoms. The lowest BCUT2D eigenvalue weighted by atomic mass is 10.1. The number of fused-ring (bicyclic) bond motifs is 1. The Morgan fingerprint density at radius 1 is 0.982 bits per heavy atom. The SMILES string of the molecule is CN(C)C(=O)O[C@@H](CC/C=C/C(=O)N1CCCC1)C(=O)Nc1cccn(Cc2cc3cc(F)cc(OCc4ccc(F)cc4F)c3n2C(=O)OC(C)(C)C)c1=O. The summed E-state index contributed by atoms with van der Waals surface area (Å²) in [7, 11) is 2.90. The summed E-state index contributed by atoms with van der Waals surface area (Å²) in [5, 5.41) is 2.73. The number of likely N-dealkylation sites (tertiary alicyclic amines) is 1. The van der Waals surface area contributed by atoms with Crippen LogP contribution in [0.3, 0.4) is 0 Å². The zero-order valence-electron chi connectivity index (χ0n) is 31.8. The van der Waals surface area contributed by atoms with Gasteiger partial charge in [-0.2, -0.15) is 0 Å². The number of hydrogen-bond acceptors (Lipinski definition) is 8. The van der Waals surface area contributed by atoms with Gasteiger partial charge in [0.1, 0.15) is 46.6 Å². The van der Waals surface area contributed by atoms with Gasteiger partial charge in [-0.3, -0.25) is 14.4 Å². The van der Waals surface area contributed by atoms with Crippen molar-refractivity contribution in [2.24, 2.45) is 0 Å². The second kappa shape index (κ2) is 17.6. The van der Waals surface area contributed by atoms with E-state index in [0.29, 0.717) is 19.2 Å². The highest BCUT2D eigenvalue weighted by atomic mass is 19.1. The summed E-state index contributed by atoms with van der Waals surface area (Å²) < 4.78 is 62.1. The molecule has 0 aliphatic carbocycles. The van der Waals surface area contributed by atoms with Crippen molar-refractivity contribution in [1.82, 2.24) is 18.9 Å². The Labute approximate surface area is 321 Å². The van der Waals surface area contributed by atoms with E-state index in [1.54, 1.807) is 31.7 Å². The van der Waals surface area contributed by atoms with Crippen LogP contribution in [0.4, 0.5) is 28.4 Å². The van der Waals surface area contributed by atoms with Crippen LogP contribution in [0.2, 0.25) is 0 Å². The van der Waals surface area contributed by atoms with Crippen LogP contribution in [0.1, 0.15) is 57.7 Å². The molecule has 4 aromatic rings. The minimum absolute atomic E-state index is 0.0149. The monoisotopic (exact) mass is 779 g/mol. The molecular weight excluding hydrogens is 735 g/mol.